The maximum Gasteiger partial charge on any atom is 0.0759 e. The second kappa shape index (κ2) is 3.94. The molecule has 3 heterocycles. The molecule has 0 aromatic heterocycles. The zero-order valence-electron chi connectivity index (χ0n) is 10.6. The van der Waals surface area contributed by atoms with Crippen LogP contribution >= 0.6 is 0 Å². The van der Waals surface area contributed by atoms with Crippen LogP contribution in [-0.4, -0.2) is 41.8 Å². The van der Waals surface area contributed by atoms with Gasteiger partial charge in [0.2, 0.25) is 0 Å². The van der Waals surface area contributed by atoms with E-state index in [-0.39, 0.29) is 0 Å². The van der Waals surface area contributed by atoms with Crippen LogP contribution in [0.3, 0.4) is 0 Å². The Balaban J connectivity index is 1.54. The summed E-state index contributed by atoms with van der Waals surface area (Å²) in [6.45, 7) is 0.994. The summed E-state index contributed by atoms with van der Waals surface area (Å²) in [5.74, 6) is 0.887. The Labute approximate surface area is 104 Å². The van der Waals surface area contributed by atoms with Crippen molar-refractivity contribution in [3.63, 3.8) is 0 Å². The van der Waals surface area contributed by atoms with Gasteiger partial charge in [-0.2, -0.15) is 0 Å². The van der Waals surface area contributed by atoms with Crippen LogP contribution < -0.4 is 5.73 Å². The van der Waals surface area contributed by atoms with Crippen molar-refractivity contribution in [2.24, 2.45) is 11.7 Å². The fourth-order valence-corrected chi connectivity index (χ4v) is 4.59. The van der Waals surface area contributed by atoms with Crippen molar-refractivity contribution in [1.82, 2.24) is 4.90 Å². The van der Waals surface area contributed by atoms with Gasteiger partial charge in [0.05, 0.1) is 6.10 Å². The second-order valence-electron chi connectivity index (χ2n) is 6.59. The Hall–Kier alpha value is -0.120. The van der Waals surface area contributed by atoms with Crippen LogP contribution in [0.2, 0.25) is 0 Å². The van der Waals surface area contributed by atoms with Gasteiger partial charge in [0, 0.05) is 30.8 Å². The summed E-state index contributed by atoms with van der Waals surface area (Å²) in [7, 11) is 0. The van der Waals surface area contributed by atoms with Crippen LogP contribution in [0.25, 0.3) is 0 Å². The minimum Gasteiger partial charge on any atom is -0.376 e. The first-order valence-corrected chi connectivity index (χ1v) is 7.47. The highest BCUT2D eigenvalue weighted by atomic mass is 16.5. The maximum absolute atomic E-state index is 6.17. The van der Waals surface area contributed by atoms with Gasteiger partial charge < -0.3 is 10.5 Å². The molecule has 3 aliphatic heterocycles. The molecule has 4 aliphatic rings. The van der Waals surface area contributed by atoms with E-state index in [9.17, 15) is 0 Å². The lowest BCUT2D eigenvalue weighted by Crippen LogP contribution is -2.54. The van der Waals surface area contributed by atoms with E-state index in [2.05, 4.69) is 4.90 Å². The molecule has 1 saturated carbocycles. The van der Waals surface area contributed by atoms with Crippen LogP contribution in [-0.2, 0) is 4.74 Å². The van der Waals surface area contributed by atoms with Crippen LogP contribution in [0.15, 0.2) is 0 Å². The molecule has 2 bridgehead atoms. The van der Waals surface area contributed by atoms with Gasteiger partial charge in [0.15, 0.2) is 0 Å². The average Bonchev–Trinajstić information content (AvgIpc) is 2.98. The molecule has 4 atom stereocenters. The Morgan fingerprint density at radius 3 is 2.29 bits per heavy atom. The predicted octanol–water partition coefficient (Wildman–Crippen LogP) is 1.51. The van der Waals surface area contributed by atoms with E-state index in [1.807, 2.05) is 0 Å². The van der Waals surface area contributed by atoms with E-state index in [0.717, 1.165) is 30.7 Å². The summed E-state index contributed by atoms with van der Waals surface area (Å²) in [5.41, 5.74) is 6.17. The first-order valence-electron chi connectivity index (χ1n) is 7.47. The molecule has 0 amide bonds. The second-order valence-corrected chi connectivity index (χ2v) is 6.59. The number of nitrogens with zero attached hydrogens (tertiary/aromatic N) is 1. The first kappa shape index (κ1) is 10.8. The van der Waals surface area contributed by atoms with Crippen molar-refractivity contribution in [1.29, 1.82) is 0 Å². The molecule has 0 spiro atoms. The minimum atomic E-state index is 0.463. The average molecular weight is 236 g/mol. The van der Waals surface area contributed by atoms with E-state index >= 15 is 0 Å². The van der Waals surface area contributed by atoms with Gasteiger partial charge in [-0.3, -0.25) is 4.90 Å². The molecule has 3 heteroatoms. The summed E-state index contributed by atoms with van der Waals surface area (Å²) < 4.78 is 6.02. The zero-order chi connectivity index (χ0) is 11.4. The lowest BCUT2D eigenvalue weighted by Gasteiger charge is -2.43. The van der Waals surface area contributed by atoms with E-state index in [1.165, 1.54) is 44.9 Å². The highest BCUT2D eigenvalue weighted by Crippen LogP contribution is 2.45. The number of nitrogens with two attached hydrogens (primary N) is 1. The Bertz CT molecular complexity index is 291. The molecule has 4 unspecified atom stereocenters. The normalized spacial score (nSPS) is 51.0. The number of hydrogen-bond donors (Lipinski definition) is 1. The van der Waals surface area contributed by atoms with Gasteiger partial charge in [0.1, 0.15) is 0 Å². The Morgan fingerprint density at radius 2 is 1.65 bits per heavy atom. The molecular formula is C14H24N2O. The van der Waals surface area contributed by atoms with Gasteiger partial charge >= 0.3 is 0 Å². The molecule has 4 rings (SSSR count). The summed E-state index contributed by atoms with van der Waals surface area (Å²) in [6, 6.07) is 2.74. The monoisotopic (exact) mass is 236 g/mol. The van der Waals surface area contributed by atoms with Crippen molar-refractivity contribution in [2.75, 3.05) is 6.61 Å². The number of rotatable bonds is 2. The van der Waals surface area contributed by atoms with E-state index in [4.69, 9.17) is 10.5 Å². The summed E-state index contributed by atoms with van der Waals surface area (Å²) >= 11 is 0. The molecule has 1 aliphatic carbocycles. The maximum atomic E-state index is 6.17. The molecule has 17 heavy (non-hydrogen) atoms. The van der Waals surface area contributed by atoms with Crippen LogP contribution in [0.5, 0.6) is 0 Å². The Kier molecular flexibility index (Phi) is 2.50. The van der Waals surface area contributed by atoms with Crippen molar-refractivity contribution < 1.29 is 4.74 Å². The quantitative estimate of drug-likeness (QED) is 0.790. The van der Waals surface area contributed by atoms with E-state index in [0.29, 0.717) is 12.1 Å². The molecule has 2 N–H and O–H groups in total. The van der Waals surface area contributed by atoms with Gasteiger partial charge in [0.25, 0.3) is 0 Å². The predicted molar refractivity (Wildman–Crippen MR) is 66.7 cm³/mol. The Morgan fingerprint density at radius 1 is 0.941 bits per heavy atom. The van der Waals surface area contributed by atoms with Crippen molar-refractivity contribution in [3.05, 3.63) is 0 Å². The number of fused-ring (bicyclic) bond motifs is 2. The highest BCUT2D eigenvalue weighted by Gasteiger charge is 2.50. The molecule has 4 fully saturated rings. The van der Waals surface area contributed by atoms with E-state index in [1.54, 1.807) is 0 Å². The molecule has 96 valence electrons. The molecule has 3 saturated heterocycles. The number of piperidine rings is 1. The zero-order valence-corrected chi connectivity index (χ0v) is 10.6. The fraction of sp³-hybridized carbons (Fsp3) is 1.00. The summed E-state index contributed by atoms with van der Waals surface area (Å²) in [5, 5.41) is 0. The van der Waals surface area contributed by atoms with Crippen molar-refractivity contribution >= 4 is 0 Å². The SMILES string of the molecule is NC1CC2CCC(C1)N2C1CCOC1C1CC1. The lowest BCUT2D eigenvalue weighted by molar-refractivity contribution is 0.00908. The van der Waals surface area contributed by atoms with Crippen LogP contribution in [0.1, 0.15) is 44.9 Å². The molecule has 0 aromatic rings. The van der Waals surface area contributed by atoms with Crippen LogP contribution in [0.4, 0.5) is 0 Å². The third-order valence-corrected chi connectivity index (χ3v) is 5.40. The molecule has 3 nitrogen and oxygen atoms in total. The largest absolute Gasteiger partial charge is 0.376 e. The van der Waals surface area contributed by atoms with E-state index < -0.39 is 0 Å². The molecule has 0 aromatic carbocycles. The topological polar surface area (TPSA) is 38.5 Å². The third kappa shape index (κ3) is 1.74. The van der Waals surface area contributed by atoms with Gasteiger partial charge in [-0.15, -0.1) is 0 Å². The molecular weight excluding hydrogens is 212 g/mol. The lowest BCUT2D eigenvalue weighted by atomic mass is 9.93. The number of ether oxygens (including phenoxy) is 1. The molecule has 0 radical (unpaired) electrons. The smallest absolute Gasteiger partial charge is 0.0759 e. The highest BCUT2D eigenvalue weighted by molar-refractivity contribution is 5.04. The first-order chi connectivity index (χ1) is 8.33. The summed E-state index contributed by atoms with van der Waals surface area (Å²) in [4.78, 5) is 2.83. The van der Waals surface area contributed by atoms with Gasteiger partial charge in [-0.25, -0.2) is 0 Å². The third-order valence-electron chi connectivity index (χ3n) is 5.40. The van der Waals surface area contributed by atoms with Crippen molar-refractivity contribution in [2.45, 2.75) is 75.2 Å². The van der Waals surface area contributed by atoms with Gasteiger partial charge in [-0.1, -0.05) is 0 Å². The fourth-order valence-electron chi connectivity index (χ4n) is 4.59. The van der Waals surface area contributed by atoms with Gasteiger partial charge in [-0.05, 0) is 50.9 Å². The standard InChI is InChI=1S/C14H24N2O/c15-10-7-11-3-4-12(8-10)16(11)13-5-6-17-14(13)9-1-2-9/h9-14H,1-8,15H2. The van der Waals surface area contributed by atoms with Crippen molar-refractivity contribution in [3.8, 4) is 0 Å². The van der Waals surface area contributed by atoms with Crippen LogP contribution in [0, 0.1) is 5.92 Å². The minimum absolute atomic E-state index is 0.463. The number of hydrogen-bond acceptors (Lipinski definition) is 3. The summed E-state index contributed by atoms with van der Waals surface area (Å²) in [6.07, 6.45) is 9.86.